The molecule has 2 unspecified atom stereocenters. The second-order valence-corrected chi connectivity index (χ2v) is 6.11. The van der Waals surface area contributed by atoms with Gasteiger partial charge in [0.2, 0.25) is 5.91 Å². The van der Waals surface area contributed by atoms with Gasteiger partial charge in [-0.25, -0.2) is 0 Å². The summed E-state index contributed by atoms with van der Waals surface area (Å²) in [5, 5.41) is 0. The molecule has 0 aromatic heterocycles. The van der Waals surface area contributed by atoms with Gasteiger partial charge < -0.3 is 16.2 Å². The number of aryl methyl sites for hydroxylation is 1. The summed E-state index contributed by atoms with van der Waals surface area (Å²) in [5.74, 6) is 0.141. The lowest BCUT2D eigenvalue weighted by Gasteiger charge is -2.18. The molecule has 112 valence electrons. The molecule has 0 spiro atoms. The van der Waals surface area contributed by atoms with Crippen molar-refractivity contribution in [3.05, 3.63) is 27.7 Å². The number of primary amides is 1. The van der Waals surface area contributed by atoms with E-state index in [1.807, 2.05) is 19.1 Å². The van der Waals surface area contributed by atoms with E-state index in [0.717, 1.165) is 34.2 Å². The Hall–Kier alpha value is -1.07. The lowest BCUT2D eigenvalue weighted by molar-refractivity contribution is -0.122. The van der Waals surface area contributed by atoms with Gasteiger partial charge in [0.05, 0.1) is 12.5 Å². The Balaban J connectivity index is 2.94. The summed E-state index contributed by atoms with van der Waals surface area (Å²) in [7, 11) is 0. The summed E-state index contributed by atoms with van der Waals surface area (Å²) in [6.07, 6.45) is 1.65. The fourth-order valence-electron chi connectivity index (χ4n) is 1.87. The molecule has 5 heteroatoms. The highest BCUT2D eigenvalue weighted by Crippen LogP contribution is 2.29. The topological polar surface area (TPSA) is 78.3 Å². The summed E-state index contributed by atoms with van der Waals surface area (Å²) in [6, 6.07) is 4.11. The number of amides is 1. The molecule has 0 radical (unpaired) electrons. The molecule has 20 heavy (non-hydrogen) atoms. The third kappa shape index (κ3) is 4.80. The molecule has 0 saturated carbocycles. The normalized spacial score (nSPS) is 13.8. The van der Waals surface area contributed by atoms with Crippen molar-refractivity contribution in [2.24, 2.45) is 17.4 Å². The molecule has 1 amide bonds. The fourth-order valence-corrected chi connectivity index (χ4v) is 2.49. The number of rotatable bonds is 7. The van der Waals surface area contributed by atoms with Gasteiger partial charge in [0.25, 0.3) is 0 Å². The van der Waals surface area contributed by atoms with Crippen molar-refractivity contribution in [3.8, 4) is 5.75 Å². The smallest absolute Gasteiger partial charge is 0.223 e. The predicted molar refractivity (Wildman–Crippen MR) is 84.7 cm³/mol. The van der Waals surface area contributed by atoms with E-state index in [1.54, 1.807) is 6.92 Å². The first-order valence-corrected chi connectivity index (χ1v) is 7.61. The number of ether oxygens (including phenoxy) is 1. The number of carbonyl (C=O) groups excluding carboxylic acids is 1. The zero-order valence-corrected chi connectivity index (χ0v) is 13.9. The maximum Gasteiger partial charge on any atom is 0.223 e. The molecule has 2 atom stereocenters. The molecule has 0 aliphatic heterocycles. The zero-order valence-electron chi connectivity index (χ0n) is 12.3. The second kappa shape index (κ2) is 7.64. The van der Waals surface area contributed by atoms with Crippen LogP contribution in [0.3, 0.4) is 0 Å². The van der Waals surface area contributed by atoms with Crippen LogP contribution in [-0.4, -0.2) is 18.6 Å². The van der Waals surface area contributed by atoms with Gasteiger partial charge in [-0.1, -0.05) is 29.8 Å². The number of carbonyl (C=O) groups is 1. The molecule has 0 bridgehead atoms. The van der Waals surface area contributed by atoms with Crippen molar-refractivity contribution >= 4 is 21.8 Å². The van der Waals surface area contributed by atoms with Crippen LogP contribution < -0.4 is 16.2 Å². The van der Waals surface area contributed by atoms with Crippen LogP contribution in [-0.2, 0) is 11.2 Å². The average Bonchev–Trinajstić information content (AvgIpc) is 2.36. The highest BCUT2D eigenvalue weighted by molar-refractivity contribution is 9.10. The zero-order chi connectivity index (χ0) is 15.3. The number of hydrogen-bond donors (Lipinski definition) is 2. The highest BCUT2D eigenvalue weighted by atomic mass is 79.9. The molecular weight excluding hydrogens is 320 g/mol. The van der Waals surface area contributed by atoms with Gasteiger partial charge in [0, 0.05) is 10.5 Å². The Kier molecular flexibility index (Phi) is 6.49. The van der Waals surface area contributed by atoms with Gasteiger partial charge in [0.15, 0.2) is 0 Å². The van der Waals surface area contributed by atoms with Crippen molar-refractivity contribution in [1.82, 2.24) is 0 Å². The first-order chi connectivity index (χ1) is 9.35. The third-order valence-electron chi connectivity index (χ3n) is 3.29. The van der Waals surface area contributed by atoms with Crippen molar-refractivity contribution in [3.63, 3.8) is 0 Å². The molecule has 0 aliphatic carbocycles. The Labute approximate surface area is 129 Å². The Morgan fingerprint density at radius 1 is 1.45 bits per heavy atom. The maximum absolute atomic E-state index is 11.1. The molecular formula is C15H23BrN2O2. The van der Waals surface area contributed by atoms with Gasteiger partial charge in [-0.05, 0) is 43.0 Å². The van der Waals surface area contributed by atoms with Crippen LogP contribution >= 0.6 is 15.9 Å². The molecule has 0 fully saturated rings. The van der Waals surface area contributed by atoms with E-state index in [2.05, 4.69) is 22.9 Å². The van der Waals surface area contributed by atoms with Crippen LogP contribution in [0.4, 0.5) is 0 Å². The minimum atomic E-state index is -0.355. The lowest BCUT2D eigenvalue weighted by Crippen LogP contribution is -2.26. The largest absolute Gasteiger partial charge is 0.492 e. The minimum Gasteiger partial charge on any atom is -0.492 e. The third-order valence-corrected chi connectivity index (χ3v) is 3.74. The van der Waals surface area contributed by atoms with Gasteiger partial charge in [-0.3, -0.25) is 4.79 Å². The molecule has 1 rings (SSSR count). The van der Waals surface area contributed by atoms with E-state index in [-0.39, 0.29) is 24.5 Å². The fraction of sp³-hybridized carbons (Fsp3) is 0.533. The van der Waals surface area contributed by atoms with E-state index in [4.69, 9.17) is 16.2 Å². The molecule has 4 N–H and O–H groups in total. The monoisotopic (exact) mass is 342 g/mol. The number of nitrogens with two attached hydrogens (primary N) is 2. The lowest BCUT2D eigenvalue weighted by atomic mass is 10.0. The van der Waals surface area contributed by atoms with E-state index in [0.29, 0.717) is 0 Å². The average molecular weight is 343 g/mol. The van der Waals surface area contributed by atoms with Gasteiger partial charge in [-0.15, -0.1) is 0 Å². The SMILES string of the molecule is CCC(N)Cc1cc(Br)cc(C)c1OCC(C)C(N)=O. The van der Waals surface area contributed by atoms with Crippen molar-refractivity contribution in [1.29, 1.82) is 0 Å². The van der Waals surface area contributed by atoms with Gasteiger partial charge >= 0.3 is 0 Å². The van der Waals surface area contributed by atoms with Crippen LogP contribution in [0.15, 0.2) is 16.6 Å². The molecule has 0 heterocycles. The first kappa shape index (κ1) is 17.0. The van der Waals surface area contributed by atoms with Crippen LogP contribution in [0.1, 0.15) is 31.4 Å². The summed E-state index contributed by atoms with van der Waals surface area (Å²) in [5.41, 5.74) is 13.4. The molecule has 4 nitrogen and oxygen atoms in total. The summed E-state index contributed by atoms with van der Waals surface area (Å²) in [4.78, 5) is 11.1. The molecule has 1 aromatic carbocycles. The Morgan fingerprint density at radius 2 is 2.10 bits per heavy atom. The van der Waals surface area contributed by atoms with Gasteiger partial charge in [-0.2, -0.15) is 0 Å². The van der Waals surface area contributed by atoms with Crippen molar-refractivity contribution < 1.29 is 9.53 Å². The van der Waals surface area contributed by atoms with Crippen LogP contribution in [0, 0.1) is 12.8 Å². The summed E-state index contributed by atoms with van der Waals surface area (Å²) >= 11 is 3.49. The Morgan fingerprint density at radius 3 is 2.65 bits per heavy atom. The number of hydrogen-bond acceptors (Lipinski definition) is 3. The van der Waals surface area contributed by atoms with E-state index >= 15 is 0 Å². The van der Waals surface area contributed by atoms with E-state index in [1.165, 1.54) is 0 Å². The van der Waals surface area contributed by atoms with Gasteiger partial charge in [0.1, 0.15) is 5.75 Å². The van der Waals surface area contributed by atoms with Crippen LogP contribution in [0.2, 0.25) is 0 Å². The minimum absolute atomic E-state index is 0.0969. The molecule has 0 aliphatic rings. The quantitative estimate of drug-likeness (QED) is 0.799. The number of benzene rings is 1. The Bertz CT molecular complexity index is 477. The van der Waals surface area contributed by atoms with Crippen LogP contribution in [0.25, 0.3) is 0 Å². The van der Waals surface area contributed by atoms with Crippen molar-refractivity contribution in [2.45, 2.75) is 39.7 Å². The second-order valence-electron chi connectivity index (χ2n) is 5.20. The molecule has 1 aromatic rings. The summed E-state index contributed by atoms with van der Waals surface area (Å²) < 4.78 is 6.82. The number of halogens is 1. The van der Waals surface area contributed by atoms with E-state index < -0.39 is 0 Å². The molecule has 0 saturated heterocycles. The summed E-state index contributed by atoms with van der Waals surface area (Å²) in [6.45, 7) is 6.08. The predicted octanol–water partition coefficient (Wildman–Crippen LogP) is 2.54. The maximum atomic E-state index is 11.1. The van der Waals surface area contributed by atoms with Crippen LogP contribution in [0.5, 0.6) is 5.75 Å². The highest BCUT2D eigenvalue weighted by Gasteiger charge is 2.15. The standard InChI is InChI=1S/C15H23BrN2O2/c1-4-13(17)7-11-6-12(16)5-9(2)14(11)20-8-10(3)15(18)19/h5-6,10,13H,4,7-8,17H2,1-3H3,(H2,18,19). The van der Waals surface area contributed by atoms with Crippen molar-refractivity contribution in [2.75, 3.05) is 6.61 Å². The van der Waals surface area contributed by atoms with E-state index in [9.17, 15) is 4.79 Å². The first-order valence-electron chi connectivity index (χ1n) is 6.81.